The summed E-state index contributed by atoms with van der Waals surface area (Å²) >= 11 is 5.90. The smallest absolute Gasteiger partial charge is 0.349 e. The summed E-state index contributed by atoms with van der Waals surface area (Å²) < 4.78 is 55.4. The summed E-state index contributed by atoms with van der Waals surface area (Å²) in [6.07, 6.45) is -3.19. The molecule has 0 unspecified atom stereocenters. The number of rotatable bonds is 4. The Bertz CT molecular complexity index is 1200. The van der Waals surface area contributed by atoms with Crippen molar-refractivity contribution in [3.05, 3.63) is 82.4 Å². The first-order valence-corrected chi connectivity index (χ1v) is 10.8. The molecule has 2 amide bonds. The standard InChI is InChI=1S/C23H19ClF4N4O2/c24-15-2-1-3-18(12-15)32-20(23(26,27)28)19(13-29-32)22(34)31-10-8-17(9-11-31)30-21(33)14-4-6-16(25)7-5-14/h1-7,12-13,17H,8-11H2,(H,30,33). The van der Waals surface area contributed by atoms with Crippen molar-refractivity contribution in [3.8, 4) is 5.69 Å². The molecule has 11 heteroatoms. The molecule has 0 spiro atoms. The predicted octanol–water partition coefficient (Wildman–Crippen LogP) is 4.72. The van der Waals surface area contributed by atoms with E-state index in [1.807, 2.05) is 0 Å². The zero-order valence-corrected chi connectivity index (χ0v) is 18.4. The van der Waals surface area contributed by atoms with E-state index >= 15 is 0 Å². The van der Waals surface area contributed by atoms with Crippen LogP contribution in [-0.2, 0) is 6.18 Å². The summed E-state index contributed by atoms with van der Waals surface area (Å²) in [5.74, 6) is -1.63. The molecule has 2 aromatic carbocycles. The van der Waals surface area contributed by atoms with Gasteiger partial charge in [0.05, 0.1) is 17.4 Å². The van der Waals surface area contributed by atoms with Crippen LogP contribution in [0.4, 0.5) is 17.6 Å². The molecule has 0 aliphatic carbocycles. The maximum absolute atomic E-state index is 13.9. The second kappa shape index (κ2) is 9.46. The van der Waals surface area contributed by atoms with Crippen LogP contribution >= 0.6 is 11.6 Å². The molecule has 34 heavy (non-hydrogen) atoms. The van der Waals surface area contributed by atoms with E-state index in [0.29, 0.717) is 23.1 Å². The van der Waals surface area contributed by atoms with Crippen molar-refractivity contribution >= 4 is 23.4 Å². The number of nitrogens with one attached hydrogen (secondary N) is 1. The molecule has 6 nitrogen and oxygen atoms in total. The van der Waals surface area contributed by atoms with E-state index in [-0.39, 0.29) is 35.7 Å². The fraction of sp³-hybridized carbons (Fsp3) is 0.261. The molecule has 1 saturated heterocycles. The van der Waals surface area contributed by atoms with E-state index < -0.39 is 29.2 Å². The van der Waals surface area contributed by atoms with Gasteiger partial charge in [0.25, 0.3) is 11.8 Å². The lowest BCUT2D eigenvalue weighted by atomic mass is 10.0. The lowest BCUT2D eigenvalue weighted by Gasteiger charge is -2.32. The van der Waals surface area contributed by atoms with Crippen LogP contribution in [0.2, 0.25) is 5.02 Å². The van der Waals surface area contributed by atoms with E-state index in [2.05, 4.69) is 10.4 Å². The van der Waals surface area contributed by atoms with E-state index in [1.54, 1.807) is 0 Å². The van der Waals surface area contributed by atoms with Crippen LogP contribution in [0.25, 0.3) is 5.69 Å². The first-order chi connectivity index (χ1) is 16.1. The quantitative estimate of drug-likeness (QED) is 0.534. The molecule has 4 rings (SSSR count). The first kappa shape index (κ1) is 23.7. The Morgan fingerprint density at radius 1 is 1.06 bits per heavy atom. The fourth-order valence-corrected chi connectivity index (χ4v) is 4.03. The summed E-state index contributed by atoms with van der Waals surface area (Å²) in [5, 5.41) is 6.86. The van der Waals surface area contributed by atoms with Crippen LogP contribution < -0.4 is 5.32 Å². The van der Waals surface area contributed by atoms with Crippen molar-refractivity contribution in [1.29, 1.82) is 0 Å². The number of piperidine rings is 1. The molecule has 1 aromatic heterocycles. The summed E-state index contributed by atoms with van der Waals surface area (Å²) in [6.45, 7) is 0.319. The number of carbonyl (C=O) groups excluding carboxylic acids is 2. The number of alkyl halides is 3. The highest BCUT2D eigenvalue weighted by Gasteiger charge is 2.42. The van der Waals surface area contributed by atoms with Crippen molar-refractivity contribution in [2.24, 2.45) is 0 Å². The Kier molecular flexibility index (Phi) is 6.60. The van der Waals surface area contributed by atoms with Crippen LogP contribution in [0.15, 0.2) is 54.7 Å². The van der Waals surface area contributed by atoms with Gasteiger partial charge in [-0.1, -0.05) is 17.7 Å². The van der Waals surface area contributed by atoms with Gasteiger partial charge in [-0.2, -0.15) is 18.3 Å². The topological polar surface area (TPSA) is 67.2 Å². The Balaban J connectivity index is 1.47. The molecular weight excluding hydrogens is 476 g/mol. The monoisotopic (exact) mass is 494 g/mol. The summed E-state index contributed by atoms with van der Waals surface area (Å²) in [4.78, 5) is 26.6. The lowest BCUT2D eigenvalue weighted by molar-refractivity contribution is -0.143. The summed E-state index contributed by atoms with van der Waals surface area (Å²) in [7, 11) is 0. The van der Waals surface area contributed by atoms with Crippen molar-refractivity contribution < 1.29 is 27.2 Å². The van der Waals surface area contributed by atoms with Gasteiger partial charge in [0.1, 0.15) is 5.82 Å². The number of aromatic nitrogens is 2. The number of carbonyl (C=O) groups is 2. The number of hydrogen-bond acceptors (Lipinski definition) is 3. The number of amides is 2. The molecular formula is C23H19ClF4N4O2. The fourth-order valence-electron chi connectivity index (χ4n) is 3.85. The lowest BCUT2D eigenvalue weighted by Crippen LogP contribution is -2.46. The van der Waals surface area contributed by atoms with Crippen molar-refractivity contribution in [1.82, 2.24) is 20.0 Å². The molecule has 1 aliphatic rings. The van der Waals surface area contributed by atoms with Gasteiger partial charge in [0.15, 0.2) is 5.69 Å². The zero-order valence-electron chi connectivity index (χ0n) is 17.6. The number of nitrogens with zero attached hydrogens (tertiary/aromatic N) is 3. The number of benzene rings is 2. The largest absolute Gasteiger partial charge is 0.434 e. The van der Waals surface area contributed by atoms with Gasteiger partial charge in [-0.05, 0) is 55.3 Å². The van der Waals surface area contributed by atoms with E-state index in [9.17, 15) is 27.2 Å². The Hall–Kier alpha value is -3.40. The van der Waals surface area contributed by atoms with Crippen LogP contribution in [0, 0.1) is 5.82 Å². The predicted molar refractivity (Wildman–Crippen MR) is 116 cm³/mol. The van der Waals surface area contributed by atoms with Crippen LogP contribution in [0.1, 0.15) is 39.3 Å². The molecule has 0 saturated carbocycles. The maximum atomic E-state index is 13.9. The summed E-state index contributed by atoms with van der Waals surface area (Å²) in [6, 6.07) is 10.6. The third-order valence-corrected chi connectivity index (χ3v) is 5.78. The van der Waals surface area contributed by atoms with Crippen molar-refractivity contribution in [2.45, 2.75) is 25.1 Å². The third kappa shape index (κ3) is 5.06. The minimum absolute atomic E-state index is 0.0843. The molecule has 0 atom stereocenters. The Labute approximate surface area is 197 Å². The van der Waals surface area contributed by atoms with E-state index in [0.717, 1.165) is 6.20 Å². The van der Waals surface area contributed by atoms with Gasteiger partial charge in [-0.25, -0.2) is 9.07 Å². The minimum atomic E-state index is -4.83. The molecule has 1 aliphatic heterocycles. The van der Waals surface area contributed by atoms with Crippen LogP contribution in [0.3, 0.4) is 0 Å². The third-order valence-electron chi connectivity index (χ3n) is 5.54. The van der Waals surface area contributed by atoms with E-state index in [4.69, 9.17) is 11.6 Å². The average Bonchev–Trinajstić information content (AvgIpc) is 3.25. The number of halogens is 5. The SMILES string of the molecule is O=C(NC1CCN(C(=O)c2cnn(-c3cccc(Cl)c3)c2C(F)(F)F)CC1)c1ccc(F)cc1. The van der Waals surface area contributed by atoms with Crippen LogP contribution in [-0.4, -0.2) is 45.6 Å². The second-order valence-electron chi connectivity index (χ2n) is 7.84. The van der Waals surface area contributed by atoms with Gasteiger partial charge in [0, 0.05) is 29.7 Å². The molecule has 3 aromatic rings. The highest BCUT2D eigenvalue weighted by Crippen LogP contribution is 2.35. The molecule has 1 N–H and O–H groups in total. The number of likely N-dealkylation sites (tertiary alicyclic amines) is 1. The zero-order chi connectivity index (χ0) is 24.5. The average molecular weight is 495 g/mol. The molecule has 0 bridgehead atoms. The van der Waals surface area contributed by atoms with Gasteiger partial charge >= 0.3 is 6.18 Å². The van der Waals surface area contributed by atoms with Crippen molar-refractivity contribution in [2.75, 3.05) is 13.1 Å². The van der Waals surface area contributed by atoms with Gasteiger partial charge in [-0.15, -0.1) is 0 Å². The highest BCUT2D eigenvalue weighted by molar-refractivity contribution is 6.30. The minimum Gasteiger partial charge on any atom is -0.349 e. The first-order valence-electron chi connectivity index (χ1n) is 10.4. The van der Waals surface area contributed by atoms with E-state index in [1.165, 1.54) is 53.4 Å². The Morgan fingerprint density at radius 3 is 2.35 bits per heavy atom. The molecule has 0 radical (unpaired) electrons. The Morgan fingerprint density at radius 2 is 1.74 bits per heavy atom. The second-order valence-corrected chi connectivity index (χ2v) is 8.28. The van der Waals surface area contributed by atoms with Gasteiger partial charge in [0.2, 0.25) is 0 Å². The highest BCUT2D eigenvalue weighted by atomic mass is 35.5. The maximum Gasteiger partial charge on any atom is 0.434 e. The van der Waals surface area contributed by atoms with Crippen LogP contribution in [0.5, 0.6) is 0 Å². The van der Waals surface area contributed by atoms with Crippen molar-refractivity contribution in [3.63, 3.8) is 0 Å². The molecule has 2 heterocycles. The van der Waals surface area contributed by atoms with Gasteiger partial charge in [-0.3, -0.25) is 9.59 Å². The molecule has 1 fully saturated rings. The number of hydrogen-bond donors (Lipinski definition) is 1. The normalized spacial score (nSPS) is 14.8. The molecule has 178 valence electrons. The van der Waals surface area contributed by atoms with Gasteiger partial charge < -0.3 is 10.2 Å². The summed E-state index contributed by atoms with van der Waals surface area (Å²) in [5.41, 5.74) is -1.35.